The van der Waals surface area contributed by atoms with Crippen molar-refractivity contribution in [1.29, 1.82) is 5.26 Å². The van der Waals surface area contributed by atoms with Crippen LogP contribution in [0.25, 0.3) is 0 Å². The lowest BCUT2D eigenvalue weighted by Gasteiger charge is -2.05. The van der Waals surface area contributed by atoms with Crippen molar-refractivity contribution >= 4 is 5.71 Å². The first-order valence-corrected chi connectivity index (χ1v) is 3.26. The summed E-state index contributed by atoms with van der Waals surface area (Å²) in [4.78, 5) is 0. The number of nitrogens with one attached hydrogen (secondary N) is 1. The Morgan fingerprint density at radius 2 is 2.60 bits per heavy atom. The first-order chi connectivity index (χ1) is 4.79. The second-order valence-corrected chi connectivity index (χ2v) is 2.22. The summed E-state index contributed by atoms with van der Waals surface area (Å²) in [6, 6.07) is 2.10. The summed E-state index contributed by atoms with van der Waals surface area (Å²) in [6.45, 7) is 1.96. The number of rotatable bonds is 1. The van der Waals surface area contributed by atoms with Crippen LogP contribution in [-0.4, -0.2) is 11.9 Å². The molecule has 4 nitrogen and oxygen atoms in total. The predicted octanol–water partition coefficient (Wildman–Crippen LogP) is -0.220. The summed E-state index contributed by atoms with van der Waals surface area (Å²) in [5.74, 6) is -0.231. The van der Waals surface area contributed by atoms with Gasteiger partial charge in [-0.15, -0.1) is 0 Å². The predicted molar refractivity (Wildman–Crippen MR) is 37.9 cm³/mol. The van der Waals surface area contributed by atoms with Gasteiger partial charge in [-0.25, -0.2) is 0 Å². The van der Waals surface area contributed by atoms with Gasteiger partial charge < -0.3 is 5.73 Å². The third-order valence-corrected chi connectivity index (χ3v) is 1.58. The van der Waals surface area contributed by atoms with E-state index in [4.69, 9.17) is 11.0 Å². The molecule has 1 aliphatic heterocycles. The van der Waals surface area contributed by atoms with Crippen molar-refractivity contribution in [2.24, 2.45) is 16.8 Å². The molecule has 1 rings (SSSR count). The maximum atomic E-state index is 8.59. The molecular weight excluding hydrogens is 128 g/mol. The molecule has 0 bridgehead atoms. The molecule has 0 aromatic rings. The molecule has 3 N–H and O–H groups in total. The zero-order chi connectivity index (χ0) is 7.56. The average molecular weight is 138 g/mol. The van der Waals surface area contributed by atoms with Gasteiger partial charge in [0.1, 0.15) is 12.1 Å². The Kier molecular flexibility index (Phi) is 1.88. The SMILES string of the molecule is CCC1=NNC(N)C1C#N. The zero-order valence-corrected chi connectivity index (χ0v) is 5.83. The Labute approximate surface area is 59.7 Å². The van der Waals surface area contributed by atoms with Crippen LogP contribution in [0.3, 0.4) is 0 Å². The first kappa shape index (κ1) is 7.03. The van der Waals surface area contributed by atoms with Crippen LogP contribution in [0.5, 0.6) is 0 Å². The smallest absolute Gasteiger partial charge is 0.121 e. The summed E-state index contributed by atoms with van der Waals surface area (Å²) < 4.78 is 0. The number of hydrogen-bond acceptors (Lipinski definition) is 4. The molecule has 10 heavy (non-hydrogen) atoms. The molecule has 2 unspecified atom stereocenters. The van der Waals surface area contributed by atoms with Crippen molar-refractivity contribution in [2.75, 3.05) is 0 Å². The number of nitriles is 1. The van der Waals surface area contributed by atoms with E-state index >= 15 is 0 Å². The minimum atomic E-state index is -0.306. The zero-order valence-electron chi connectivity index (χ0n) is 5.83. The molecule has 2 atom stereocenters. The van der Waals surface area contributed by atoms with Crippen LogP contribution >= 0.6 is 0 Å². The molecular formula is C6H10N4. The van der Waals surface area contributed by atoms with E-state index in [0.717, 1.165) is 12.1 Å². The van der Waals surface area contributed by atoms with Gasteiger partial charge in [0, 0.05) is 0 Å². The van der Waals surface area contributed by atoms with E-state index in [2.05, 4.69) is 16.6 Å². The number of hydrogen-bond donors (Lipinski definition) is 2. The maximum absolute atomic E-state index is 8.59. The van der Waals surface area contributed by atoms with Gasteiger partial charge in [-0.05, 0) is 6.42 Å². The summed E-state index contributed by atoms with van der Waals surface area (Å²) >= 11 is 0. The number of hydrazone groups is 1. The highest BCUT2D eigenvalue weighted by molar-refractivity contribution is 5.90. The molecule has 0 saturated carbocycles. The molecule has 0 aliphatic carbocycles. The van der Waals surface area contributed by atoms with Crippen molar-refractivity contribution < 1.29 is 0 Å². The monoisotopic (exact) mass is 138 g/mol. The van der Waals surface area contributed by atoms with Gasteiger partial charge >= 0.3 is 0 Å². The molecule has 54 valence electrons. The maximum Gasteiger partial charge on any atom is 0.121 e. The first-order valence-electron chi connectivity index (χ1n) is 3.26. The fourth-order valence-electron chi connectivity index (χ4n) is 0.963. The normalized spacial score (nSPS) is 30.7. The van der Waals surface area contributed by atoms with E-state index in [1.165, 1.54) is 0 Å². The lowest BCUT2D eigenvalue weighted by atomic mass is 10.0. The molecule has 0 radical (unpaired) electrons. The van der Waals surface area contributed by atoms with Gasteiger partial charge in [0.2, 0.25) is 0 Å². The van der Waals surface area contributed by atoms with E-state index in [1.54, 1.807) is 0 Å². The Bertz CT molecular complexity index is 190. The van der Waals surface area contributed by atoms with E-state index in [-0.39, 0.29) is 12.1 Å². The van der Waals surface area contributed by atoms with Crippen LogP contribution in [0.2, 0.25) is 0 Å². The van der Waals surface area contributed by atoms with Crippen molar-refractivity contribution in [3.05, 3.63) is 0 Å². The van der Waals surface area contributed by atoms with E-state index in [9.17, 15) is 0 Å². The third-order valence-electron chi connectivity index (χ3n) is 1.58. The fourth-order valence-corrected chi connectivity index (χ4v) is 0.963. The van der Waals surface area contributed by atoms with Crippen molar-refractivity contribution in [2.45, 2.75) is 19.5 Å². The average Bonchev–Trinajstić information content (AvgIpc) is 2.30. The molecule has 1 heterocycles. The Morgan fingerprint density at radius 3 is 3.00 bits per heavy atom. The van der Waals surface area contributed by atoms with E-state index in [1.807, 2.05) is 6.92 Å². The quantitative estimate of drug-likeness (QED) is 0.526. The Morgan fingerprint density at radius 1 is 1.90 bits per heavy atom. The molecule has 0 spiro atoms. The highest BCUT2D eigenvalue weighted by Crippen LogP contribution is 2.10. The van der Waals surface area contributed by atoms with Gasteiger partial charge in [-0.2, -0.15) is 10.4 Å². The lowest BCUT2D eigenvalue weighted by Crippen LogP contribution is -2.37. The number of nitrogens with two attached hydrogens (primary N) is 1. The largest absolute Gasteiger partial charge is 0.309 e. The Balaban J connectivity index is 2.69. The summed E-state index contributed by atoms with van der Waals surface area (Å²) in [5, 5.41) is 12.5. The van der Waals surface area contributed by atoms with Crippen LogP contribution in [-0.2, 0) is 0 Å². The van der Waals surface area contributed by atoms with E-state index in [0.29, 0.717) is 0 Å². The summed E-state index contributed by atoms with van der Waals surface area (Å²) in [5.41, 5.74) is 9.03. The molecule has 0 saturated heterocycles. The summed E-state index contributed by atoms with van der Waals surface area (Å²) in [6.07, 6.45) is 0.485. The standard InChI is InChI=1S/C6H10N4/c1-2-5-4(3-7)6(8)10-9-5/h4,6,10H,2,8H2,1H3. The van der Waals surface area contributed by atoms with Crippen molar-refractivity contribution in [3.8, 4) is 6.07 Å². The van der Waals surface area contributed by atoms with Crippen LogP contribution < -0.4 is 11.2 Å². The van der Waals surface area contributed by atoms with Gasteiger partial charge in [-0.3, -0.25) is 5.43 Å². The van der Waals surface area contributed by atoms with Crippen LogP contribution in [0.1, 0.15) is 13.3 Å². The third kappa shape index (κ3) is 0.957. The minimum absolute atomic E-state index is 0.231. The topological polar surface area (TPSA) is 74.2 Å². The molecule has 0 aromatic heterocycles. The minimum Gasteiger partial charge on any atom is -0.309 e. The molecule has 0 amide bonds. The second-order valence-electron chi connectivity index (χ2n) is 2.22. The summed E-state index contributed by atoms with van der Waals surface area (Å²) in [7, 11) is 0. The number of nitrogens with zero attached hydrogens (tertiary/aromatic N) is 2. The van der Waals surface area contributed by atoms with Crippen LogP contribution in [0.4, 0.5) is 0 Å². The van der Waals surface area contributed by atoms with Crippen molar-refractivity contribution in [3.63, 3.8) is 0 Å². The molecule has 1 aliphatic rings. The van der Waals surface area contributed by atoms with Gasteiger partial charge in [0.15, 0.2) is 0 Å². The highest BCUT2D eigenvalue weighted by atomic mass is 15.4. The van der Waals surface area contributed by atoms with Gasteiger partial charge in [-0.1, -0.05) is 6.92 Å². The van der Waals surface area contributed by atoms with Gasteiger partial charge in [0.05, 0.1) is 11.8 Å². The molecule has 0 fully saturated rings. The van der Waals surface area contributed by atoms with Crippen molar-refractivity contribution in [1.82, 2.24) is 5.43 Å². The lowest BCUT2D eigenvalue weighted by molar-refractivity contribution is 0.553. The van der Waals surface area contributed by atoms with Gasteiger partial charge in [0.25, 0.3) is 0 Å². The molecule has 4 heteroatoms. The second kappa shape index (κ2) is 2.67. The Hall–Kier alpha value is -1.08. The molecule has 0 aromatic carbocycles. The van der Waals surface area contributed by atoms with Crippen LogP contribution in [0, 0.1) is 17.2 Å². The highest BCUT2D eigenvalue weighted by Gasteiger charge is 2.26. The fraction of sp³-hybridized carbons (Fsp3) is 0.667. The van der Waals surface area contributed by atoms with Crippen LogP contribution in [0.15, 0.2) is 5.10 Å². The van der Waals surface area contributed by atoms with E-state index < -0.39 is 0 Å².